The van der Waals surface area contributed by atoms with E-state index in [1.165, 1.54) is 17.3 Å². The Bertz CT molecular complexity index is 484. The van der Waals surface area contributed by atoms with E-state index in [1.807, 2.05) is 0 Å². The van der Waals surface area contributed by atoms with Crippen molar-refractivity contribution < 1.29 is 18.0 Å². The van der Waals surface area contributed by atoms with E-state index < -0.39 is 22.7 Å². The first-order valence-corrected chi connectivity index (χ1v) is 5.22. The molecule has 0 atom stereocenters. The molecule has 0 aromatic heterocycles. The highest BCUT2D eigenvalue weighted by Gasteiger charge is 2.34. The first-order chi connectivity index (χ1) is 8.23. The molecular formula is C11H10ClF3N2O. The van der Waals surface area contributed by atoms with Crippen LogP contribution in [0.5, 0.6) is 0 Å². The topological polar surface area (TPSA) is 32.7 Å². The molecular weight excluding hydrogens is 269 g/mol. The molecule has 0 unspecified atom stereocenters. The number of aliphatic imine (C=N–C) groups is 1. The van der Waals surface area contributed by atoms with Crippen LogP contribution in [0, 0.1) is 0 Å². The van der Waals surface area contributed by atoms with Gasteiger partial charge in [-0.3, -0.25) is 4.79 Å². The predicted octanol–water partition coefficient (Wildman–Crippen LogP) is 3.09. The molecule has 0 bridgehead atoms. The molecule has 0 aliphatic rings. The van der Waals surface area contributed by atoms with Crippen LogP contribution in [0.3, 0.4) is 0 Å². The number of nitrogens with zero attached hydrogens (tertiary/aromatic N) is 2. The van der Waals surface area contributed by atoms with Crippen LogP contribution < -0.4 is 0 Å². The van der Waals surface area contributed by atoms with E-state index in [1.54, 1.807) is 14.1 Å². The van der Waals surface area contributed by atoms with Crippen molar-refractivity contribution in [1.29, 1.82) is 0 Å². The zero-order chi connectivity index (χ0) is 13.9. The lowest BCUT2D eigenvalue weighted by molar-refractivity contribution is -0.137. The van der Waals surface area contributed by atoms with Crippen molar-refractivity contribution in [3.63, 3.8) is 0 Å². The standard InChI is InChI=1S/C11H10ClF3N2O/c1-17(2)6-16-10(18)7-4-3-5-8(9(7)12)11(13,14)15/h3-6H,1-2H3/b16-6-. The van der Waals surface area contributed by atoms with Gasteiger partial charge in [0, 0.05) is 14.1 Å². The van der Waals surface area contributed by atoms with Crippen LogP contribution in [0.15, 0.2) is 23.2 Å². The van der Waals surface area contributed by atoms with Crippen molar-refractivity contribution in [1.82, 2.24) is 4.90 Å². The smallest absolute Gasteiger partial charge is 0.369 e. The molecule has 0 saturated carbocycles. The summed E-state index contributed by atoms with van der Waals surface area (Å²) in [5.74, 6) is -0.820. The molecule has 1 rings (SSSR count). The Labute approximate surface area is 107 Å². The van der Waals surface area contributed by atoms with E-state index in [0.29, 0.717) is 0 Å². The monoisotopic (exact) mass is 278 g/mol. The molecule has 98 valence electrons. The summed E-state index contributed by atoms with van der Waals surface area (Å²) in [6, 6.07) is 3.13. The summed E-state index contributed by atoms with van der Waals surface area (Å²) in [6.07, 6.45) is -3.41. The maximum atomic E-state index is 12.6. The number of carbonyl (C=O) groups excluding carboxylic acids is 1. The summed E-state index contributed by atoms with van der Waals surface area (Å²) in [5, 5.41) is -0.633. The van der Waals surface area contributed by atoms with Gasteiger partial charge in [-0.15, -0.1) is 0 Å². The molecule has 0 radical (unpaired) electrons. The van der Waals surface area contributed by atoms with Gasteiger partial charge in [0.05, 0.1) is 22.5 Å². The van der Waals surface area contributed by atoms with Gasteiger partial charge in [-0.2, -0.15) is 18.2 Å². The Hall–Kier alpha value is -1.56. The van der Waals surface area contributed by atoms with Gasteiger partial charge in [0.2, 0.25) is 0 Å². The van der Waals surface area contributed by atoms with Crippen LogP contribution in [-0.4, -0.2) is 31.2 Å². The number of rotatable bonds is 2. The maximum Gasteiger partial charge on any atom is 0.417 e. The summed E-state index contributed by atoms with van der Waals surface area (Å²) in [5.41, 5.74) is -1.32. The first kappa shape index (κ1) is 14.5. The van der Waals surface area contributed by atoms with E-state index >= 15 is 0 Å². The van der Waals surface area contributed by atoms with Crippen molar-refractivity contribution >= 4 is 23.8 Å². The molecule has 0 N–H and O–H groups in total. The molecule has 0 fully saturated rings. The van der Waals surface area contributed by atoms with Crippen molar-refractivity contribution in [2.75, 3.05) is 14.1 Å². The first-order valence-electron chi connectivity index (χ1n) is 4.84. The highest BCUT2D eigenvalue weighted by Crippen LogP contribution is 2.36. The van der Waals surface area contributed by atoms with Gasteiger partial charge in [0.25, 0.3) is 5.91 Å². The second-order valence-electron chi connectivity index (χ2n) is 3.68. The number of carbonyl (C=O) groups is 1. The molecule has 0 spiro atoms. The van der Waals surface area contributed by atoms with Crippen LogP contribution in [0.4, 0.5) is 13.2 Å². The van der Waals surface area contributed by atoms with Gasteiger partial charge in [-0.1, -0.05) is 17.7 Å². The minimum atomic E-state index is -4.60. The third-order valence-electron chi connectivity index (χ3n) is 1.94. The Kier molecular flexibility index (Phi) is 4.34. The minimum absolute atomic E-state index is 0.274. The van der Waals surface area contributed by atoms with Crippen LogP contribution in [0.1, 0.15) is 15.9 Å². The second-order valence-corrected chi connectivity index (χ2v) is 4.06. The highest BCUT2D eigenvalue weighted by molar-refractivity contribution is 6.34. The molecule has 0 saturated heterocycles. The van der Waals surface area contributed by atoms with Crippen LogP contribution >= 0.6 is 11.6 Å². The van der Waals surface area contributed by atoms with Crippen molar-refractivity contribution in [2.45, 2.75) is 6.18 Å². The van der Waals surface area contributed by atoms with Gasteiger partial charge in [-0.05, 0) is 12.1 Å². The Balaban J connectivity index is 3.16. The Morgan fingerprint density at radius 3 is 2.50 bits per heavy atom. The van der Waals surface area contributed by atoms with Crippen molar-refractivity contribution in [3.8, 4) is 0 Å². The van der Waals surface area contributed by atoms with Crippen LogP contribution in [0.2, 0.25) is 5.02 Å². The molecule has 1 aromatic carbocycles. The number of amides is 1. The summed E-state index contributed by atoms with van der Waals surface area (Å²) in [6.45, 7) is 0. The lowest BCUT2D eigenvalue weighted by Gasteiger charge is -2.10. The molecule has 1 amide bonds. The fourth-order valence-electron chi connectivity index (χ4n) is 1.15. The SMILES string of the molecule is CN(C)/C=N\C(=O)c1cccc(C(F)(F)F)c1Cl. The van der Waals surface area contributed by atoms with Crippen molar-refractivity contribution in [3.05, 3.63) is 34.3 Å². The van der Waals surface area contributed by atoms with Gasteiger partial charge in [0.1, 0.15) is 0 Å². The third kappa shape index (κ3) is 3.46. The maximum absolute atomic E-state index is 12.6. The number of halogens is 4. The minimum Gasteiger partial charge on any atom is -0.369 e. The Morgan fingerprint density at radius 2 is 2.00 bits per heavy atom. The molecule has 0 heterocycles. The van der Waals surface area contributed by atoms with Crippen LogP contribution in [0.25, 0.3) is 0 Å². The molecule has 18 heavy (non-hydrogen) atoms. The predicted molar refractivity (Wildman–Crippen MR) is 63.0 cm³/mol. The summed E-state index contributed by atoms with van der Waals surface area (Å²) in [7, 11) is 3.26. The lowest BCUT2D eigenvalue weighted by Crippen LogP contribution is -2.11. The summed E-state index contributed by atoms with van der Waals surface area (Å²) >= 11 is 5.58. The molecule has 0 aliphatic heterocycles. The molecule has 7 heteroatoms. The van der Waals surface area contributed by atoms with Gasteiger partial charge in [-0.25, -0.2) is 0 Å². The van der Waals surface area contributed by atoms with E-state index in [4.69, 9.17) is 11.6 Å². The van der Waals surface area contributed by atoms with E-state index in [2.05, 4.69) is 4.99 Å². The lowest BCUT2D eigenvalue weighted by atomic mass is 10.1. The third-order valence-corrected chi connectivity index (χ3v) is 2.35. The number of alkyl halides is 3. The number of benzene rings is 1. The Morgan fingerprint density at radius 1 is 1.39 bits per heavy atom. The average Bonchev–Trinajstić information content (AvgIpc) is 2.24. The molecule has 1 aromatic rings. The quantitative estimate of drug-likeness (QED) is 0.615. The zero-order valence-corrected chi connectivity index (χ0v) is 10.4. The molecule has 0 aliphatic carbocycles. The normalized spacial score (nSPS) is 11.9. The van der Waals surface area contributed by atoms with Gasteiger partial charge >= 0.3 is 6.18 Å². The van der Waals surface area contributed by atoms with E-state index in [-0.39, 0.29) is 5.56 Å². The fraction of sp³-hybridized carbons (Fsp3) is 0.273. The van der Waals surface area contributed by atoms with Gasteiger partial charge < -0.3 is 4.90 Å². The summed E-state index contributed by atoms with van der Waals surface area (Å²) in [4.78, 5) is 16.5. The van der Waals surface area contributed by atoms with E-state index in [9.17, 15) is 18.0 Å². The van der Waals surface area contributed by atoms with Crippen LogP contribution in [-0.2, 0) is 6.18 Å². The largest absolute Gasteiger partial charge is 0.417 e. The molecule has 3 nitrogen and oxygen atoms in total. The van der Waals surface area contributed by atoms with Crippen molar-refractivity contribution in [2.24, 2.45) is 4.99 Å². The number of hydrogen-bond donors (Lipinski definition) is 0. The highest BCUT2D eigenvalue weighted by atomic mass is 35.5. The zero-order valence-electron chi connectivity index (χ0n) is 9.62. The van der Waals surface area contributed by atoms with E-state index in [0.717, 1.165) is 12.1 Å². The fourth-order valence-corrected chi connectivity index (χ4v) is 1.47. The summed E-state index contributed by atoms with van der Waals surface area (Å²) < 4.78 is 37.7. The average molecular weight is 279 g/mol. The second kappa shape index (κ2) is 5.39. The van der Waals surface area contributed by atoms with Gasteiger partial charge in [0.15, 0.2) is 0 Å². The number of hydrogen-bond acceptors (Lipinski definition) is 1.